The number of amidine groups is 1. The molecule has 30 heavy (non-hydrogen) atoms. The number of hydrazine groups is 1. The lowest BCUT2D eigenvalue weighted by atomic mass is 9.98. The fourth-order valence-electron chi connectivity index (χ4n) is 3.06. The Kier molecular flexibility index (Phi) is 6.04. The number of fused-ring (bicyclic) bond motifs is 1. The number of rotatable bonds is 7. The maximum Gasteiger partial charge on any atom is 0.240 e. The molecule has 3 aromatic rings. The number of aromatic nitrogens is 2. The molecule has 1 atom stereocenters. The molecule has 0 fully saturated rings. The van der Waals surface area contributed by atoms with Crippen molar-refractivity contribution < 1.29 is 12.6 Å². The molecule has 14 heteroatoms. The molecule has 0 aliphatic rings. The number of nitrogens with two attached hydrogens (primary N) is 5. The molecule has 160 valence electrons. The molecule has 12 nitrogen and oxygen atoms in total. The first-order valence-corrected chi connectivity index (χ1v) is 11.4. The van der Waals surface area contributed by atoms with Crippen molar-refractivity contribution in [2.24, 2.45) is 27.6 Å². The van der Waals surface area contributed by atoms with E-state index < -0.39 is 25.7 Å². The predicted molar refractivity (Wildman–Crippen MR) is 116 cm³/mol. The summed E-state index contributed by atoms with van der Waals surface area (Å²) in [7, 11) is -6.10. The van der Waals surface area contributed by atoms with Gasteiger partial charge in [-0.3, -0.25) is 4.21 Å². The molecule has 1 heterocycles. The van der Waals surface area contributed by atoms with Gasteiger partial charge in [-0.2, -0.15) is 0 Å². The summed E-state index contributed by atoms with van der Waals surface area (Å²) in [5, 5.41) is 9.19. The van der Waals surface area contributed by atoms with Crippen LogP contribution in [0.25, 0.3) is 22.2 Å². The number of hydrogen-bond donors (Lipinski definition) is 7. The number of anilines is 1. The summed E-state index contributed by atoms with van der Waals surface area (Å²) in [4.78, 5) is 6.60. The lowest BCUT2D eigenvalue weighted by Gasteiger charge is -2.17. The van der Waals surface area contributed by atoms with E-state index in [-0.39, 0.29) is 34.5 Å². The third-order valence-corrected chi connectivity index (χ3v) is 6.77. The van der Waals surface area contributed by atoms with Crippen molar-refractivity contribution in [3.8, 4) is 11.1 Å². The minimum absolute atomic E-state index is 0.0243. The highest BCUT2D eigenvalue weighted by atomic mass is 32.2. The van der Waals surface area contributed by atoms with Crippen LogP contribution in [0.2, 0.25) is 0 Å². The topological polar surface area (TPSA) is 234 Å². The van der Waals surface area contributed by atoms with E-state index in [9.17, 15) is 12.6 Å². The van der Waals surface area contributed by atoms with Gasteiger partial charge in [0.15, 0.2) is 11.8 Å². The Morgan fingerprint density at radius 3 is 2.63 bits per heavy atom. The van der Waals surface area contributed by atoms with Crippen molar-refractivity contribution in [3.63, 3.8) is 0 Å². The minimum Gasteiger partial charge on any atom is -0.382 e. The highest BCUT2D eigenvalue weighted by molar-refractivity contribution is 7.91. The van der Waals surface area contributed by atoms with Crippen LogP contribution in [0.15, 0.2) is 45.2 Å². The van der Waals surface area contributed by atoms with Gasteiger partial charge in [-0.15, -0.1) is 5.10 Å². The summed E-state index contributed by atoms with van der Waals surface area (Å²) in [5.41, 5.74) is 21.4. The number of benzene rings is 2. The molecular weight excluding hydrogens is 430 g/mol. The molecule has 0 bridgehead atoms. The van der Waals surface area contributed by atoms with E-state index in [0.717, 1.165) is 0 Å². The molecule has 0 radical (unpaired) electrons. The molecule has 0 aliphatic carbocycles. The van der Waals surface area contributed by atoms with E-state index >= 15 is 0 Å². The van der Waals surface area contributed by atoms with Gasteiger partial charge < -0.3 is 22.2 Å². The second kappa shape index (κ2) is 8.37. The standard InChI is InChI=1S/C16H21N9O3S2/c17-5-6-29(26)12-4-2-9(8-1-3-10-11(7-8)23-16(19)22-10)13(15(18)24-25-20)14(12)30(21,27)28/h1-4,7,25H,5-6,17,20H2,(H2,18,24)(H3,19,22,23)(H2,21,27,28). The van der Waals surface area contributed by atoms with Crippen LogP contribution in [-0.2, 0) is 20.8 Å². The lowest BCUT2D eigenvalue weighted by Crippen LogP contribution is -2.28. The van der Waals surface area contributed by atoms with Gasteiger partial charge in [0, 0.05) is 17.9 Å². The Morgan fingerprint density at radius 1 is 1.27 bits per heavy atom. The normalized spacial score (nSPS) is 13.5. The summed E-state index contributed by atoms with van der Waals surface area (Å²) >= 11 is 0. The molecule has 3 rings (SSSR count). The second-order valence-corrected chi connectivity index (χ2v) is 9.22. The molecule has 0 amide bonds. The maximum atomic E-state index is 12.6. The highest BCUT2D eigenvalue weighted by Gasteiger charge is 2.28. The van der Waals surface area contributed by atoms with E-state index in [4.69, 9.17) is 28.2 Å². The zero-order valence-electron chi connectivity index (χ0n) is 15.6. The van der Waals surface area contributed by atoms with E-state index in [2.05, 4.69) is 15.1 Å². The first-order chi connectivity index (χ1) is 14.2. The zero-order valence-corrected chi connectivity index (χ0v) is 17.3. The molecule has 0 spiro atoms. The molecule has 0 saturated heterocycles. The molecule has 12 N–H and O–H groups in total. The van der Waals surface area contributed by atoms with Crippen LogP contribution in [0.4, 0.5) is 5.95 Å². The Labute approximate surface area is 174 Å². The number of H-pyrrole nitrogens is 1. The molecular formula is C16H21N9O3S2. The quantitative estimate of drug-likeness (QED) is 0.0967. The smallest absolute Gasteiger partial charge is 0.240 e. The van der Waals surface area contributed by atoms with Gasteiger partial charge in [-0.05, 0) is 29.3 Å². The monoisotopic (exact) mass is 451 g/mol. The van der Waals surface area contributed by atoms with Crippen LogP contribution < -0.4 is 33.7 Å². The summed E-state index contributed by atoms with van der Waals surface area (Å²) in [6.07, 6.45) is 0. The summed E-state index contributed by atoms with van der Waals surface area (Å²) in [5.74, 6) is 5.24. The van der Waals surface area contributed by atoms with Gasteiger partial charge >= 0.3 is 0 Å². The minimum atomic E-state index is -4.36. The van der Waals surface area contributed by atoms with Gasteiger partial charge in [-0.25, -0.2) is 29.9 Å². The van der Waals surface area contributed by atoms with Crippen molar-refractivity contribution in [2.75, 3.05) is 18.0 Å². The van der Waals surface area contributed by atoms with Crippen LogP contribution in [0.1, 0.15) is 5.56 Å². The van der Waals surface area contributed by atoms with Gasteiger partial charge in [0.25, 0.3) is 0 Å². The van der Waals surface area contributed by atoms with E-state index in [0.29, 0.717) is 22.2 Å². The Bertz CT molecular complexity index is 1270. The molecule has 2 aromatic carbocycles. The van der Waals surface area contributed by atoms with Crippen LogP contribution in [0.5, 0.6) is 0 Å². The van der Waals surface area contributed by atoms with Crippen molar-refractivity contribution in [2.45, 2.75) is 9.79 Å². The largest absolute Gasteiger partial charge is 0.382 e. The molecule has 1 unspecified atom stereocenters. The van der Waals surface area contributed by atoms with Gasteiger partial charge in [-0.1, -0.05) is 12.1 Å². The molecule has 0 aliphatic heterocycles. The SMILES string of the molecule is NCCS(=O)c1ccc(-c2ccc3nc(N)[nH]c3c2)c(/C(N)=N/NN)c1S(N)(=O)=O. The number of hydrazone groups is 1. The van der Waals surface area contributed by atoms with Gasteiger partial charge in [0.05, 0.1) is 26.7 Å². The number of imidazole rings is 1. The highest BCUT2D eigenvalue weighted by Crippen LogP contribution is 2.34. The summed E-state index contributed by atoms with van der Waals surface area (Å²) in [6, 6.07) is 8.11. The number of nitrogens with one attached hydrogen (secondary N) is 2. The molecule has 1 aromatic heterocycles. The lowest BCUT2D eigenvalue weighted by molar-refractivity contribution is 0.594. The number of sulfonamides is 1. The van der Waals surface area contributed by atoms with Crippen LogP contribution >= 0.6 is 0 Å². The van der Waals surface area contributed by atoms with Crippen LogP contribution in [0, 0.1) is 0 Å². The third kappa shape index (κ3) is 4.12. The van der Waals surface area contributed by atoms with Gasteiger partial charge in [0.2, 0.25) is 10.0 Å². The molecule has 0 saturated carbocycles. The van der Waals surface area contributed by atoms with Crippen LogP contribution in [0.3, 0.4) is 0 Å². The predicted octanol–water partition coefficient (Wildman–Crippen LogP) is -1.39. The Hall–Kier alpha value is -3.04. The zero-order chi connectivity index (χ0) is 22.1. The summed E-state index contributed by atoms with van der Waals surface area (Å²) < 4.78 is 37.6. The van der Waals surface area contributed by atoms with E-state index in [1.807, 2.05) is 5.53 Å². The first-order valence-electron chi connectivity index (χ1n) is 8.50. The third-order valence-electron chi connectivity index (χ3n) is 4.21. The fourth-order valence-corrected chi connectivity index (χ4v) is 5.50. The first kappa shape index (κ1) is 21.7. The van der Waals surface area contributed by atoms with Crippen molar-refractivity contribution in [1.29, 1.82) is 0 Å². The second-order valence-electron chi connectivity index (χ2n) is 6.18. The number of aromatic amines is 1. The Morgan fingerprint density at radius 2 is 2.00 bits per heavy atom. The number of nitrogen functional groups attached to an aromatic ring is 1. The van der Waals surface area contributed by atoms with E-state index in [1.54, 1.807) is 24.3 Å². The average Bonchev–Trinajstić information content (AvgIpc) is 3.05. The van der Waals surface area contributed by atoms with Crippen molar-refractivity contribution in [3.05, 3.63) is 35.9 Å². The summed E-state index contributed by atoms with van der Waals surface area (Å²) in [6.45, 7) is 0.0829. The van der Waals surface area contributed by atoms with E-state index in [1.165, 1.54) is 6.07 Å². The maximum absolute atomic E-state index is 12.6. The number of hydrogen-bond acceptors (Lipinski definition) is 9. The van der Waals surface area contributed by atoms with Crippen molar-refractivity contribution >= 4 is 43.6 Å². The van der Waals surface area contributed by atoms with Crippen molar-refractivity contribution in [1.82, 2.24) is 15.5 Å². The average molecular weight is 452 g/mol. The fraction of sp³-hybridized carbons (Fsp3) is 0.125. The van der Waals surface area contributed by atoms with Crippen LogP contribution in [-0.4, -0.2) is 40.7 Å². The number of primary sulfonamides is 1. The number of nitrogens with zero attached hydrogens (tertiary/aromatic N) is 2. The van der Waals surface area contributed by atoms with Gasteiger partial charge in [0.1, 0.15) is 4.90 Å². The Balaban J connectivity index is 2.39.